The highest BCUT2D eigenvalue weighted by Gasteiger charge is 2.30. The smallest absolute Gasteiger partial charge is 0.274 e. The standard InChI is InChI=1S/C23H22N4O4S/c1-2-17-24-22-20(15-5-3-4-6-16(15)32-22)23(31)27(17)25-21(30)13-7-9-14(10-8-13)26-18(28)11-12-19(26)29/h7-10H,2-6,11-12H2,1H3,(H,25,30). The number of aryl methyl sites for hydroxylation is 3. The van der Waals surface area contributed by atoms with Crippen molar-refractivity contribution >= 4 is 45.0 Å². The first-order chi connectivity index (χ1) is 15.5. The first-order valence-electron chi connectivity index (χ1n) is 10.8. The number of thiophene rings is 1. The van der Waals surface area contributed by atoms with Crippen LogP contribution in [0.2, 0.25) is 0 Å². The molecule has 1 aliphatic carbocycles. The molecule has 9 heteroatoms. The second-order valence-corrected chi connectivity index (χ2v) is 9.11. The molecule has 0 saturated carbocycles. The minimum atomic E-state index is -0.460. The summed E-state index contributed by atoms with van der Waals surface area (Å²) in [6.45, 7) is 1.89. The zero-order chi connectivity index (χ0) is 22.4. The predicted molar refractivity (Wildman–Crippen MR) is 122 cm³/mol. The third kappa shape index (κ3) is 3.33. The summed E-state index contributed by atoms with van der Waals surface area (Å²) in [5, 5.41) is 0.614. The predicted octanol–water partition coefficient (Wildman–Crippen LogP) is 2.94. The first-order valence-corrected chi connectivity index (χ1v) is 11.6. The van der Waals surface area contributed by atoms with E-state index in [2.05, 4.69) is 10.4 Å². The number of carbonyl (C=O) groups is 3. The van der Waals surface area contributed by atoms with Crippen molar-refractivity contribution in [3.05, 3.63) is 56.4 Å². The van der Waals surface area contributed by atoms with Gasteiger partial charge in [-0.1, -0.05) is 6.92 Å². The minimum absolute atomic E-state index is 0.200. The van der Waals surface area contributed by atoms with Crippen LogP contribution in [0.3, 0.4) is 0 Å². The van der Waals surface area contributed by atoms with E-state index in [0.29, 0.717) is 28.9 Å². The van der Waals surface area contributed by atoms with Gasteiger partial charge in [-0.05, 0) is 55.5 Å². The number of hydrogen-bond donors (Lipinski definition) is 1. The van der Waals surface area contributed by atoms with Gasteiger partial charge in [-0.15, -0.1) is 11.3 Å². The monoisotopic (exact) mass is 450 g/mol. The normalized spacial score (nSPS) is 16.0. The molecule has 1 aliphatic heterocycles. The Morgan fingerprint density at radius 2 is 1.72 bits per heavy atom. The SMILES string of the molecule is CCc1nc2sc3c(c2c(=O)n1NC(=O)c1ccc(N2C(=O)CCC2=O)cc1)CCCC3. The molecular weight excluding hydrogens is 428 g/mol. The summed E-state index contributed by atoms with van der Waals surface area (Å²) in [7, 11) is 0. The van der Waals surface area contributed by atoms with Crippen LogP contribution in [0.15, 0.2) is 29.1 Å². The number of nitrogens with one attached hydrogen (secondary N) is 1. The number of fused-ring (bicyclic) bond motifs is 3. The van der Waals surface area contributed by atoms with Crippen molar-refractivity contribution in [2.24, 2.45) is 0 Å². The molecule has 3 amide bonds. The molecule has 3 aromatic rings. The summed E-state index contributed by atoms with van der Waals surface area (Å²) >= 11 is 1.58. The molecule has 2 aromatic heterocycles. The zero-order valence-corrected chi connectivity index (χ0v) is 18.5. The highest BCUT2D eigenvalue weighted by molar-refractivity contribution is 7.18. The van der Waals surface area contributed by atoms with Crippen LogP contribution >= 0.6 is 11.3 Å². The van der Waals surface area contributed by atoms with Gasteiger partial charge in [-0.25, -0.2) is 9.66 Å². The maximum absolute atomic E-state index is 13.3. The molecule has 164 valence electrons. The number of imide groups is 1. The Morgan fingerprint density at radius 1 is 1.03 bits per heavy atom. The largest absolute Gasteiger partial charge is 0.281 e. The minimum Gasteiger partial charge on any atom is -0.274 e. The Morgan fingerprint density at radius 3 is 2.41 bits per heavy atom. The molecular formula is C23H22N4O4S. The molecule has 1 saturated heterocycles. The van der Waals surface area contributed by atoms with Crippen molar-refractivity contribution in [1.82, 2.24) is 9.66 Å². The van der Waals surface area contributed by atoms with Gasteiger partial charge >= 0.3 is 0 Å². The average molecular weight is 451 g/mol. The lowest BCUT2D eigenvalue weighted by Crippen LogP contribution is -2.36. The summed E-state index contributed by atoms with van der Waals surface area (Å²) in [4.78, 5) is 57.9. The lowest BCUT2D eigenvalue weighted by molar-refractivity contribution is -0.121. The van der Waals surface area contributed by atoms with Gasteiger partial charge in [-0.3, -0.25) is 29.5 Å². The van der Waals surface area contributed by atoms with E-state index in [-0.39, 0.29) is 30.2 Å². The molecule has 1 aromatic carbocycles. The lowest BCUT2D eigenvalue weighted by atomic mass is 9.97. The van der Waals surface area contributed by atoms with Crippen LogP contribution in [0.25, 0.3) is 10.2 Å². The van der Waals surface area contributed by atoms with E-state index in [4.69, 9.17) is 0 Å². The topological polar surface area (TPSA) is 101 Å². The Balaban J connectivity index is 1.47. The molecule has 8 nitrogen and oxygen atoms in total. The van der Waals surface area contributed by atoms with Crippen LogP contribution in [0.5, 0.6) is 0 Å². The number of amides is 3. The van der Waals surface area contributed by atoms with E-state index in [0.717, 1.165) is 41.0 Å². The van der Waals surface area contributed by atoms with Gasteiger partial charge in [-0.2, -0.15) is 0 Å². The van der Waals surface area contributed by atoms with Crippen molar-refractivity contribution in [3.63, 3.8) is 0 Å². The molecule has 32 heavy (non-hydrogen) atoms. The molecule has 0 unspecified atom stereocenters. The van der Waals surface area contributed by atoms with Crippen LogP contribution < -0.4 is 15.9 Å². The van der Waals surface area contributed by atoms with Gasteiger partial charge in [0.25, 0.3) is 11.5 Å². The molecule has 3 heterocycles. The van der Waals surface area contributed by atoms with Crippen molar-refractivity contribution in [2.45, 2.75) is 51.9 Å². The van der Waals surface area contributed by atoms with Crippen LogP contribution in [0, 0.1) is 0 Å². The maximum Gasteiger partial charge on any atom is 0.281 e. The quantitative estimate of drug-likeness (QED) is 0.616. The molecule has 0 spiro atoms. The number of nitrogens with zero attached hydrogens (tertiary/aromatic N) is 3. The van der Waals surface area contributed by atoms with Crippen molar-refractivity contribution in [2.75, 3.05) is 10.3 Å². The molecule has 0 radical (unpaired) electrons. The Bertz CT molecular complexity index is 1310. The fraction of sp³-hybridized carbons (Fsp3) is 0.348. The van der Waals surface area contributed by atoms with Crippen LogP contribution in [-0.2, 0) is 28.9 Å². The second-order valence-electron chi connectivity index (χ2n) is 8.02. The Kier molecular flexibility index (Phi) is 5.13. The van der Waals surface area contributed by atoms with Gasteiger partial charge in [0.15, 0.2) is 0 Å². The van der Waals surface area contributed by atoms with E-state index in [1.807, 2.05) is 6.92 Å². The first kappa shape index (κ1) is 20.6. The third-order valence-corrected chi connectivity index (χ3v) is 7.21. The number of rotatable bonds is 4. The third-order valence-electron chi connectivity index (χ3n) is 6.03. The van der Waals surface area contributed by atoms with E-state index in [1.165, 1.54) is 9.55 Å². The van der Waals surface area contributed by atoms with Gasteiger partial charge in [0.1, 0.15) is 10.7 Å². The summed E-state index contributed by atoms with van der Waals surface area (Å²) < 4.78 is 1.26. The number of anilines is 1. The summed E-state index contributed by atoms with van der Waals surface area (Å²) in [5.74, 6) is -0.452. The Hall–Kier alpha value is -3.33. The fourth-order valence-electron chi connectivity index (χ4n) is 4.39. The van der Waals surface area contributed by atoms with Crippen LogP contribution in [0.1, 0.15) is 59.2 Å². The molecule has 5 rings (SSSR count). The van der Waals surface area contributed by atoms with Gasteiger partial charge in [0, 0.05) is 29.7 Å². The number of carbonyl (C=O) groups excluding carboxylic acids is 3. The van der Waals surface area contributed by atoms with Gasteiger partial charge < -0.3 is 0 Å². The number of benzene rings is 1. The lowest BCUT2D eigenvalue weighted by Gasteiger charge is -2.15. The summed E-state index contributed by atoms with van der Waals surface area (Å²) in [5.41, 5.74) is 4.28. The maximum atomic E-state index is 13.3. The molecule has 0 atom stereocenters. The summed E-state index contributed by atoms with van der Waals surface area (Å²) in [6.07, 6.45) is 4.90. The zero-order valence-electron chi connectivity index (χ0n) is 17.6. The van der Waals surface area contributed by atoms with Crippen molar-refractivity contribution in [3.8, 4) is 0 Å². The van der Waals surface area contributed by atoms with Crippen LogP contribution in [-0.4, -0.2) is 27.4 Å². The van der Waals surface area contributed by atoms with Crippen molar-refractivity contribution in [1.29, 1.82) is 0 Å². The highest BCUT2D eigenvalue weighted by atomic mass is 32.1. The van der Waals surface area contributed by atoms with Gasteiger partial charge in [0.2, 0.25) is 11.8 Å². The van der Waals surface area contributed by atoms with E-state index < -0.39 is 5.91 Å². The Labute approximate surface area is 187 Å². The van der Waals surface area contributed by atoms with E-state index >= 15 is 0 Å². The second kappa shape index (κ2) is 7.98. The number of aromatic nitrogens is 2. The summed E-state index contributed by atoms with van der Waals surface area (Å²) in [6, 6.07) is 6.21. The van der Waals surface area contributed by atoms with E-state index in [1.54, 1.807) is 35.6 Å². The van der Waals surface area contributed by atoms with E-state index in [9.17, 15) is 19.2 Å². The molecule has 1 N–H and O–H groups in total. The fourth-order valence-corrected chi connectivity index (χ4v) is 5.66. The average Bonchev–Trinajstić information content (AvgIpc) is 3.34. The molecule has 1 fully saturated rings. The van der Waals surface area contributed by atoms with Crippen molar-refractivity contribution < 1.29 is 14.4 Å². The van der Waals surface area contributed by atoms with Gasteiger partial charge in [0.05, 0.1) is 11.1 Å². The number of hydrogen-bond acceptors (Lipinski definition) is 6. The molecule has 2 aliphatic rings. The van der Waals surface area contributed by atoms with Crippen LogP contribution in [0.4, 0.5) is 5.69 Å². The molecule has 0 bridgehead atoms. The highest BCUT2D eigenvalue weighted by Crippen LogP contribution is 2.33.